The summed E-state index contributed by atoms with van der Waals surface area (Å²) in [6.07, 6.45) is 1.99. The molecule has 26 heavy (non-hydrogen) atoms. The van der Waals surface area contributed by atoms with Gasteiger partial charge >= 0.3 is 12.0 Å². The average molecular weight is 370 g/mol. The third-order valence-corrected chi connectivity index (χ3v) is 5.16. The highest BCUT2D eigenvalue weighted by Gasteiger charge is 2.34. The molecule has 3 N–H and O–H groups in total. The van der Waals surface area contributed by atoms with Crippen molar-refractivity contribution in [2.75, 3.05) is 19.6 Å². The number of hydrogen-bond donors (Lipinski definition) is 3. The molecule has 3 amide bonds. The summed E-state index contributed by atoms with van der Waals surface area (Å²) in [5.74, 6) is -0.556. The Hall–Kier alpha value is -1.79. The number of urea groups is 1. The van der Waals surface area contributed by atoms with Crippen LogP contribution in [-0.2, 0) is 9.59 Å². The molecule has 1 heterocycles. The molecule has 1 rings (SSSR count). The van der Waals surface area contributed by atoms with E-state index < -0.39 is 11.5 Å². The van der Waals surface area contributed by atoms with E-state index in [4.69, 9.17) is 5.11 Å². The Morgan fingerprint density at radius 3 is 2.42 bits per heavy atom. The molecular weight excluding hydrogens is 334 g/mol. The molecule has 0 aliphatic carbocycles. The van der Waals surface area contributed by atoms with E-state index in [9.17, 15) is 14.4 Å². The van der Waals surface area contributed by atoms with Crippen LogP contribution in [0.15, 0.2) is 0 Å². The fraction of sp³-hybridized carbons (Fsp3) is 0.842. The fourth-order valence-corrected chi connectivity index (χ4v) is 3.16. The lowest BCUT2D eigenvalue weighted by atomic mass is 9.84. The van der Waals surface area contributed by atoms with Crippen LogP contribution >= 0.6 is 0 Å². The van der Waals surface area contributed by atoms with Gasteiger partial charge in [0.25, 0.3) is 0 Å². The van der Waals surface area contributed by atoms with Gasteiger partial charge in [-0.2, -0.15) is 0 Å². The lowest BCUT2D eigenvalue weighted by Crippen LogP contribution is -2.52. The zero-order chi connectivity index (χ0) is 19.9. The van der Waals surface area contributed by atoms with Crippen molar-refractivity contribution >= 4 is 17.9 Å². The molecule has 0 aromatic rings. The molecule has 7 nitrogen and oxygen atoms in total. The maximum Gasteiger partial charge on any atom is 0.317 e. The van der Waals surface area contributed by atoms with Crippen LogP contribution in [0, 0.1) is 17.8 Å². The van der Waals surface area contributed by atoms with Crippen LogP contribution in [0.2, 0.25) is 0 Å². The van der Waals surface area contributed by atoms with E-state index in [2.05, 4.69) is 10.6 Å². The van der Waals surface area contributed by atoms with Crippen LogP contribution in [0.25, 0.3) is 0 Å². The van der Waals surface area contributed by atoms with Crippen LogP contribution in [0.3, 0.4) is 0 Å². The molecule has 0 aromatic heterocycles. The lowest BCUT2D eigenvalue weighted by Gasteiger charge is -2.36. The quantitative estimate of drug-likeness (QED) is 0.612. The number of carbonyl (C=O) groups excluding carboxylic acids is 2. The molecule has 150 valence electrons. The van der Waals surface area contributed by atoms with Crippen molar-refractivity contribution in [3.63, 3.8) is 0 Å². The van der Waals surface area contributed by atoms with Crippen molar-refractivity contribution in [3.05, 3.63) is 0 Å². The normalized spacial score (nSPS) is 20.0. The number of carboxylic acid groups (broad SMARTS) is 1. The average Bonchev–Trinajstić information content (AvgIpc) is 2.51. The minimum Gasteiger partial charge on any atom is -0.481 e. The first kappa shape index (κ1) is 22.3. The van der Waals surface area contributed by atoms with Gasteiger partial charge in [-0.05, 0) is 37.5 Å². The number of nitrogens with one attached hydrogen (secondary N) is 2. The predicted octanol–water partition coefficient (Wildman–Crippen LogP) is 2.46. The van der Waals surface area contributed by atoms with Crippen LogP contribution in [0.1, 0.15) is 60.3 Å². The minimum absolute atomic E-state index is 0.00668. The third kappa shape index (κ3) is 7.22. The Morgan fingerprint density at radius 1 is 1.23 bits per heavy atom. The first-order valence-electron chi connectivity index (χ1n) is 9.59. The first-order valence-corrected chi connectivity index (χ1v) is 9.59. The van der Waals surface area contributed by atoms with Gasteiger partial charge in [0.2, 0.25) is 5.91 Å². The predicted molar refractivity (Wildman–Crippen MR) is 101 cm³/mol. The van der Waals surface area contributed by atoms with Crippen LogP contribution in [-0.4, -0.2) is 53.1 Å². The molecule has 2 atom stereocenters. The van der Waals surface area contributed by atoms with Crippen LogP contribution in [0.5, 0.6) is 0 Å². The summed E-state index contributed by atoms with van der Waals surface area (Å²) in [4.78, 5) is 37.6. The van der Waals surface area contributed by atoms with E-state index in [0.717, 1.165) is 12.8 Å². The Labute approximate surface area is 156 Å². The standard InChI is InChI=1S/C19H35N3O4/c1-13(2)11-20-18(26)22-8-6-7-15(12-22)9-16(23)21-19(5,14(3)4)10-17(24)25/h13-15H,6-12H2,1-5H3,(H,20,26)(H,21,23)(H,24,25). The second-order valence-electron chi connectivity index (χ2n) is 8.43. The minimum atomic E-state index is -0.924. The van der Waals surface area contributed by atoms with Gasteiger partial charge in [0.1, 0.15) is 0 Å². The molecule has 0 spiro atoms. The van der Waals surface area contributed by atoms with E-state index in [1.165, 1.54) is 0 Å². The van der Waals surface area contributed by atoms with Gasteiger partial charge in [0.05, 0.1) is 6.42 Å². The number of piperidine rings is 1. The Bertz CT molecular complexity index is 507. The summed E-state index contributed by atoms with van der Waals surface area (Å²) in [5, 5.41) is 15.0. The molecule has 1 saturated heterocycles. The highest BCUT2D eigenvalue weighted by atomic mass is 16.4. The van der Waals surface area contributed by atoms with E-state index in [1.807, 2.05) is 27.7 Å². The van der Waals surface area contributed by atoms with Crippen LogP contribution < -0.4 is 10.6 Å². The topological polar surface area (TPSA) is 98.7 Å². The molecule has 2 unspecified atom stereocenters. The fourth-order valence-electron chi connectivity index (χ4n) is 3.16. The summed E-state index contributed by atoms with van der Waals surface area (Å²) in [6, 6.07) is -0.0679. The number of carboxylic acids is 1. The number of nitrogens with zero attached hydrogens (tertiary/aromatic N) is 1. The van der Waals surface area contributed by atoms with Gasteiger partial charge in [-0.25, -0.2) is 4.79 Å². The molecule has 0 radical (unpaired) electrons. The number of carbonyl (C=O) groups is 3. The molecule has 1 fully saturated rings. The zero-order valence-electron chi connectivity index (χ0n) is 16.8. The van der Waals surface area contributed by atoms with Gasteiger partial charge in [0.15, 0.2) is 0 Å². The molecule has 0 saturated carbocycles. The molecule has 0 bridgehead atoms. The van der Waals surface area contributed by atoms with Crippen molar-refractivity contribution in [1.29, 1.82) is 0 Å². The lowest BCUT2D eigenvalue weighted by molar-refractivity contribution is -0.139. The summed E-state index contributed by atoms with van der Waals surface area (Å²) < 4.78 is 0. The zero-order valence-corrected chi connectivity index (χ0v) is 16.8. The number of amides is 3. The highest BCUT2D eigenvalue weighted by molar-refractivity contribution is 5.79. The van der Waals surface area contributed by atoms with Gasteiger partial charge < -0.3 is 20.6 Å². The number of rotatable bonds is 8. The molecular formula is C19H35N3O4. The van der Waals surface area contributed by atoms with E-state index in [0.29, 0.717) is 32.0 Å². The summed E-state index contributed by atoms with van der Waals surface area (Å²) in [5.41, 5.74) is -0.772. The molecule has 1 aliphatic heterocycles. The van der Waals surface area contributed by atoms with Gasteiger partial charge in [0, 0.05) is 31.6 Å². The second-order valence-corrected chi connectivity index (χ2v) is 8.43. The second kappa shape index (κ2) is 9.78. The smallest absolute Gasteiger partial charge is 0.317 e. The van der Waals surface area contributed by atoms with Crippen molar-refractivity contribution in [3.8, 4) is 0 Å². The Kier molecular flexibility index (Phi) is 8.37. The van der Waals surface area contributed by atoms with Gasteiger partial charge in [-0.15, -0.1) is 0 Å². The SMILES string of the molecule is CC(C)CNC(=O)N1CCCC(CC(=O)NC(C)(CC(=O)O)C(C)C)C1. The highest BCUT2D eigenvalue weighted by Crippen LogP contribution is 2.23. The third-order valence-electron chi connectivity index (χ3n) is 5.16. The van der Waals surface area contributed by atoms with E-state index >= 15 is 0 Å². The maximum absolute atomic E-state index is 12.5. The summed E-state index contributed by atoms with van der Waals surface area (Å²) in [6.45, 7) is 11.6. The Morgan fingerprint density at radius 2 is 1.88 bits per heavy atom. The van der Waals surface area contributed by atoms with E-state index in [-0.39, 0.29) is 30.2 Å². The Balaban J connectivity index is 2.57. The van der Waals surface area contributed by atoms with Gasteiger partial charge in [-0.3, -0.25) is 9.59 Å². The number of aliphatic carboxylic acids is 1. The van der Waals surface area contributed by atoms with E-state index in [1.54, 1.807) is 11.8 Å². The van der Waals surface area contributed by atoms with Crippen molar-refractivity contribution < 1.29 is 19.5 Å². The molecule has 0 aromatic carbocycles. The first-order chi connectivity index (χ1) is 12.0. The molecule has 1 aliphatic rings. The molecule has 7 heteroatoms. The van der Waals surface area contributed by atoms with Crippen molar-refractivity contribution in [1.82, 2.24) is 15.5 Å². The summed E-state index contributed by atoms with van der Waals surface area (Å²) >= 11 is 0. The van der Waals surface area contributed by atoms with Crippen molar-refractivity contribution in [2.45, 2.75) is 65.8 Å². The monoisotopic (exact) mass is 369 g/mol. The largest absolute Gasteiger partial charge is 0.481 e. The van der Waals surface area contributed by atoms with Gasteiger partial charge in [-0.1, -0.05) is 27.7 Å². The number of hydrogen-bond acceptors (Lipinski definition) is 3. The number of likely N-dealkylation sites (tertiary alicyclic amines) is 1. The van der Waals surface area contributed by atoms with Crippen molar-refractivity contribution in [2.24, 2.45) is 17.8 Å². The summed E-state index contributed by atoms with van der Waals surface area (Å²) in [7, 11) is 0. The van der Waals surface area contributed by atoms with Crippen LogP contribution in [0.4, 0.5) is 4.79 Å². The maximum atomic E-state index is 12.5.